The molecular formula is C23H36IN5OS. The molecule has 1 aliphatic rings. The monoisotopic (exact) mass is 557 g/mol. The summed E-state index contributed by atoms with van der Waals surface area (Å²) in [5.74, 6) is 1.55. The summed E-state index contributed by atoms with van der Waals surface area (Å²) in [6, 6.07) is 10.3. The summed E-state index contributed by atoms with van der Waals surface area (Å²) < 4.78 is 5.72. The number of ether oxygens (including phenoxy) is 1. The highest BCUT2D eigenvalue weighted by Gasteiger charge is 2.20. The number of rotatable bonds is 10. The van der Waals surface area contributed by atoms with E-state index in [2.05, 4.69) is 45.0 Å². The van der Waals surface area contributed by atoms with E-state index in [1.165, 1.54) is 29.1 Å². The second kappa shape index (κ2) is 14.8. The maximum absolute atomic E-state index is 5.72. The summed E-state index contributed by atoms with van der Waals surface area (Å²) in [6.07, 6.45) is 3.47. The molecule has 3 rings (SSSR count). The Morgan fingerprint density at radius 2 is 2.00 bits per heavy atom. The van der Waals surface area contributed by atoms with Crippen molar-refractivity contribution in [3.63, 3.8) is 0 Å². The molecule has 172 valence electrons. The largest absolute Gasteiger partial charge is 0.375 e. The zero-order chi connectivity index (χ0) is 21.0. The maximum Gasteiger partial charge on any atom is 0.191 e. The van der Waals surface area contributed by atoms with Gasteiger partial charge in [0.15, 0.2) is 5.96 Å². The first-order chi connectivity index (χ1) is 14.8. The van der Waals surface area contributed by atoms with Crippen LogP contribution in [0.1, 0.15) is 36.0 Å². The van der Waals surface area contributed by atoms with Crippen LogP contribution in [0.5, 0.6) is 0 Å². The molecule has 0 aliphatic carbocycles. The van der Waals surface area contributed by atoms with Crippen molar-refractivity contribution in [1.29, 1.82) is 0 Å². The van der Waals surface area contributed by atoms with Crippen LogP contribution in [0.3, 0.4) is 0 Å². The lowest BCUT2D eigenvalue weighted by atomic mass is 9.97. The topological polar surface area (TPSA) is 61.8 Å². The van der Waals surface area contributed by atoms with Crippen LogP contribution in [0.15, 0.2) is 40.7 Å². The number of aromatic nitrogens is 1. The Bertz CT molecular complexity index is 762. The van der Waals surface area contributed by atoms with Gasteiger partial charge in [-0.15, -0.1) is 35.3 Å². The van der Waals surface area contributed by atoms with Gasteiger partial charge in [0, 0.05) is 32.1 Å². The predicted octanol–water partition coefficient (Wildman–Crippen LogP) is 3.92. The van der Waals surface area contributed by atoms with Crippen molar-refractivity contribution in [3.05, 3.63) is 52.0 Å². The van der Waals surface area contributed by atoms with Gasteiger partial charge in [0.2, 0.25) is 0 Å². The number of aliphatic imine (C=N–C) groups is 1. The van der Waals surface area contributed by atoms with Gasteiger partial charge in [-0.2, -0.15) is 0 Å². The second-order valence-electron chi connectivity index (χ2n) is 7.72. The zero-order valence-corrected chi connectivity index (χ0v) is 21.8. The summed E-state index contributed by atoms with van der Waals surface area (Å²) in [7, 11) is 1.82. The normalized spacial score (nSPS) is 15.5. The highest BCUT2D eigenvalue weighted by molar-refractivity contribution is 14.0. The SMILES string of the molecule is CCc1nc(CN2CCC(CNC(=NC)NCCOCc3ccccc3)CC2)cs1.I. The number of halogens is 1. The van der Waals surface area contributed by atoms with Crippen molar-refractivity contribution in [1.82, 2.24) is 20.5 Å². The van der Waals surface area contributed by atoms with Crippen molar-refractivity contribution >= 4 is 41.3 Å². The Morgan fingerprint density at radius 1 is 1.23 bits per heavy atom. The number of likely N-dealkylation sites (tertiary alicyclic amines) is 1. The Labute approximate surface area is 207 Å². The molecule has 0 saturated carbocycles. The van der Waals surface area contributed by atoms with Crippen LogP contribution in [0, 0.1) is 5.92 Å². The molecule has 8 heteroatoms. The van der Waals surface area contributed by atoms with Gasteiger partial charge in [-0.25, -0.2) is 4.98 Å². The number of guanidine groups is 1. The van der Waals surface area contributed by atoms with E-state index in [-0.39, 0.29) is 24.0 Å². The van der Waals surface area contributed by atoms with Crippen LogP contribution in [-0.2, 0) is 24.3 Å². The molecule has 31 heavy (non-hydrogen) atoms. The minimum Gasteiger partial charge on any atom is -0.375 e. The lowest BCUT2D eigenvalue weighted by Gasteiger charge is -2.31. The molecule has 1 saturated heterocycles. The molecule has 2 N–H and O–H groups in total. The van der Waals surface area contributed by atoms with Gasteiger partial charge in [-0.05, 0) is 43.8 Å². The zero-order valence-electron chi connectivity index (χ0n) is 18.7. The number of hydrogen-bond acceptors (Lipinski definition) is 5. The van der Waals surface area contributed by atoms with Crippen LogP contribution in [0.2, 0.25) is 0 Å². The van der Waals surface area contributed by atoms with E-state index < -0.39 is 0 Å². The summed E-state index contributed by atoms with van der Waals surface area (Å²) in [5, 5.41) is 10.3. The van der Waals surface area contributed by atoms with E-state index in [4.69, 9.17) is 9.72 Å². The van der Waals surface area contributed by atoms with Crippen LogP contribution in [0.4, 0.5) is 0 Å². The van der Waals surface area contributed by atoms with E-state index in [1.54, 1.807) is 11.3 Å². The summed E-state index contributed by atoms with van der Waals surface area (Å²) in [5.41, 5.74) is 2.43. The number of hydrogen-bond donors (Lipinski definition) is 2. The van der Waals surface area contributed by atoms with Crippen molar-refractivity contribution in [2.24, 2.45) is 10.9 Å². The number of piperidine rings is 1. The van der Waals surface area contributed by atoms with Crippen molar-refractivity contribution in [3.8, 4) is 0 Å². The minimum absolute atomic E-state index is 0. The van der Waals surface area contributed by atoms with Gasteiger partial charge in [0.1, 0.15) is 0 Å². The molecule has 0 unspecified atom stereocenters. The Morgan fingerprint density at radius 3 is 2.68 bits per heavy atom. The fraction of sp³-hybridized carbons (Fsp3) is 0.565. The summed E-state index contributed by atoms with van der Waals surface area (Å²) >= 11 is 1.78. The highest BCUT2D eigenvalue weighted by atomic mass is 127. The lowest BCUT2D eigenvalue weighted by molar-refractivity contribution is 0.125. The molecule has 0 radical (unpaired) electrons. The molecule has 1 aliphatic heterocycles. The molecule has 0 amide bonds. The highest BCUT2D eigenvalue weighted by Crippen LogP contribution is 2.19. The van der Waals surface area contributed by atoms with Gasteiger partial charge < -0.3 is 15.4 Å². The smallest absolute Gasteiger partial charge is 0.191 e. The molecule has 0 spiro atoms. The van der Waals surface area contributed by atoms with E-state index in [0.717, 1.165) is 45.1 Å². The lowest BCUT2D eigenvalue weighted by Crippen LogP contribution is -2.43. The van der Waals surface area contributed by atoms with Crippen LogP contribution in [0.25, 0.3) is 0 Å². The van der Waals surface area contributed by atoms with Gasteiger partial charge in [0.05, 0.1) is 23.9 Å². The Balaban J connectivity index is 0.00000341. The fourth-order valence-corrected chi connectivity index (χ4v) is 4.37. The van der Waals surface area contributed by atoms with Gasteiger partial charge in [-0.3, -0.25) is 9.89 Å². The first-order valence-electron chi connectivity index (χ1n) is 11.0. The quantitative estimate of drug-likeness (QED) is 0.201. The van der Waals surface area contributed by atoms with Crippen LogP contribution < -0.4 is 10.6 Å². The minimum atomic E-state index is 0. The number of thiazole rings is 1. The van der Waals surface area contributed by atoms with E-state index in [1.807, 2.05) is 25.2 Å². The van der Waals surface area contributed by atoms with Gasteiger partial charge >= 0.3 is 0 Å². The fourth-order valence-electron chi connectivity index (χ4n) is 3.63. The van der Waals surface area contributed by atoms with E-state index in [9.17, 15) is 0 Å². The van der Waals surface area contributed by atoms with E-state index in [0.29, 0.717) is 19.1 Å². The number of nitrogens with zero attached hydrogens (tertiary/aromatic N) is 3. The molecule has 2 heterocycles. The molecule has 1 aromatic heterocycles. The third kappa shape index (κ3) is 9.43. The van der Waals surface area contributed by atoms with Crippen molar-refractivity contribution in [2.45, 2.75) is 39.3 Å². The van der Waals surface area contributed by atoms with Crippen LogP contribution in [-0.4, -0.2) is 55.7 Å². The number of nitrogens with one attached hydrogen (secondary N) is 2. The molecule has 0 bridgehead atoms. The van der Waals surface area contributed by atoms with Gasteiger partial charge in [-0.1, -0.05) is 37.3 Å². The number of aryl methyl sites for hydroxylation is 1. The third-order valence-electron chi connectivity index (χ3n) is 5.43. The third-order valence-corrected chi connectivity index (χ3v) is 6.47. The van der Waals surface area contributed by atoms with Crippen LogP contribution >= 0.6 is 35.3 Å². The van der Waals surface area contributed by atoms with Gasteiger partial charge in [0.25, 0.3) is 0 Å². The summed E-state index contributed by atoms with van der Waals surface area (Å²) in [4.78, 5) is 11.6. The Kier molecular flexibility index (Phi) is 12.4. The van der Waals surface area contributed by atoms with Crippen molar-refractivity contribution < 1.29 is 4.74 Å². The Hall–Kier alpha value is -1.23. The van der Waals surface area contributed by atoms with E-state index >= 15 is 0 Å². The molecule has 2 aromatic rings. The average molecular weight is 558 g/mol. The molecular weight excluding hydrogens is 521 g/mol. The average Bonchev–Trinajstić information content (AvgIpc) is 3.25. The predicted molar refractivity (Wildman–Crippen MR) is 140 cm³/mol. The molecule has 1 fully saturated rings. The molecule has 0 atom stereocenters. The maximum atomic E-state index is 5.72. The first kappa shape index (κ1) is 26.0. The number of benzene rings is 1. The second-order valence-corrected chi connectivity index (χ2v) is 8.67. The summed E-state index contributed by atoms with van der Waals surface area (Å²) in [6.45, 7) is 8.46. The molecule has 6 nitrogen and oxygen atoms in total. The molecule has 1 aromatic carbocycles. The standard InChI is InChI=1S/C23H35N5OS.HI/c1-3-22-27-21(18-30-22)16-28-12-9-19(10-13-28)15-26-23(24-2)25-11-14-29-17-20-7-5-4-6-8-20;/h4-8,18-19H,3,9-17H2,1-2H3,(H2,24,25,26);1H. The van der Waals surface area contributed by atoms with Crippen molar-refractivity contribution in [2.75, 3.05) is 39.8 Å². The first-order valence-corrected chi connectivity index (χ1v) is 11.9.